The average Bonchev–Trinajstić information content (AvgIpc) is 3.32. The number of ether oxygens (including phenoxy) is 3. The molecule has 2 aromatic rings. The van der Waals surface area contributed by atoms with Gasteiger partial charge in [-0.25, -0.2) is 0 Å². The molecule has 0 aliphatic carbocycles. The van der Waals surface area contributed by atoms with Crippen molar-refractivity contribution in [2.75, 3.05) is 44.8 Å². The van der Waals surface area contributed by atoms with E-state index in [1.54, 1.807) is 53.4 Å². The molecule has 2 amide bonds. The molecule has 158 valence electrons. The third-order valence-corrected chi connectivity index (χ3v) is 5.28. The Morgan fingerprint density at radius 2 is 1.80 bits per heavy atom. The number of morpholine rings is 1. The summed E-state index contributed by atoms with van der Waals surface area (Å²) in [4.78, 5) is 27.3. The van der Waals surface area contributed by atoms with Crippen molar-refractivity contribution in [2.45, 2.75) is 18.9 Å². The highest BCUT2D eigenvalue weighted by molar-refractivity contribution is 6.09. The second-order valence-corrected chi connectivity index (χ2v) is 7.37. The maximum atomic E-state index is 12.9. The van der Waals surface area contributed by atoms with Crippen molar-refractivity contribution in [3.05, 3.63) is 59.7 Å². The molecule has 2 aliphatic rings. The van der Waals surface area contributed by atoms with Gasteiger partial charge in [0.2, 0.25) is 0 Å². The van der Waals surface area contributed by atoms with Crippen LogP contribution in [-0.2, 0) is 9.47 Å². The van der Waals surface area contributed by atoms with E-state index < -0.39 is 0 Å². The minimum absolute atomic E-state index is 0.105. The molecule has 0 unspecified atom stereocenters. The molecule has 30 heavy (non-hydrogen) atoms. The molecule has 2 fully saturated rings. The van der Waals surface area contributed by atoms with Gasteiger partial charge in [0.15, 0.2) is 0 Å². The van der Waals surface area contributed by atoms with Gasteiger partial charge in [-0.05, 0) is 49.2 Å². The second kappa shape index (κ2) is 9.73. The summed E-state index contributed by atoms with van der Waals surface area (Å²) < 4.78 is 16.6. The van der Waals surface area contributed by atoms with E-state index >= 15 is 0 Å². The van der Waals surface area contributed by atoms with Gasteiger partial charge in [-0.1, -0.05) is 12.1 Å². The molecule has 0 aromatic heterocycles. The number of benzene rings is 2. The minimum Gasteiger partial charge on any atom is -0.491 e. The zero-order valence-corrected chi connectivity index (χ0v) is 16.8. The molecule has 2 saturated heterocycles. The Bertz CT molecular complexity index is 871. The summed E-state index contributed by atoms with van der Waals surface area (Å²) in [5.74, 6) is 0.319. The Hall–Kier alpha value is -2.90. The Morgan fingerprint density at radius 1 is 1.03 bits per heavy atom. The number of carbonyl (C=O) groups excluding carboxylic acids is 2. The first-order valence-corrected chi connectivity index (χ1v) is 10.3. The Labute approximate surface area is 175 Å². The lowest BCUT2D eigenvalue weighted by Crippen LogP contribution is -2.41. The van der Waals surface area contributed by atoms with Crippen molar-refractivity contribution in [1.29, 1.82) is 0 Å². The lowest BCUT2D eigenvalue weighted by Gasteiger charge is -2.27. The summed E-state index contributed by atoms with van der Waals surface area (Å²) in [6.07, 6.45) is 2.24. The lowest BCUT2D eigenvalue weighted by atomic mass is 10.1. The van der Waals surface area contributed by atoms with E-state index in [1.807, 2.05) is 0 Å². The SMILES string of the molecule is O=C(Nc1ccccc1C(=O)N1CCOCC1)c1ccc(OC[C@H]2CCCO2)cc1. The number of hydrogen-bond acceptors (Lipinski definition) is 5. The molecule has 7 nitrogen and oxygen atoms in total. The van der Waals surface area contributed by atoms with Crippen LogP contribution in [-0.4, -0.2) is 62.3 Å². The highest BCUT2D eigenvalue weighted by atomic mass is 16.5. The molecule has 2 aromatic carbocycles. The van der Waals surface area contributed by atoms with Crippen LogP contribution in [0, 0.1) is 0 Å². The molecule has 2 heterocycles. The molecule has 1 N–H and O–H groups in total. The Balaban J connectivity index is 1.39. The number of para-hydroxylation sites is 1. The first kappa shape index (κ1) is 20.4. The third-order valence-electron chi connectivity index (χ3n) is 5.28. The van der Waals surface area contributed by atoms with Gasteiger partial charge < -0.3 is 24.4 Å². The van der Waals surface area contributed by atoms with E-state index in [2.05, 4.69) is 5.32 Å². The van der Waals surface area contributed by atoms with Crippen molar-refractivity contribution in [3.8, 4) is 5.75 Å². The quantitative estimate of drug-likeness (QED) is 0.792. The molecular formula is C23H26N2O5. The monoisotopic (exact) mass is 410 g/mol. The van der Waals surface area contributed by atoms with E-state index in [9.17, 15) is 9.59 Å². The summed E-state index contributed by atoms with van der Waals surface area (Å²) in [6, 6.07) is 14.0. The predicted molar refractivity (Wildman–Crippen MR) is 112 cm³/mol. The van der Waals surface area contributed by atoms with E-state index in [0.717, 1.165) is 19.4 Å². The fraction of sp³-hybridized carbons (Fsp3) is 0.391. The van der Waals surface area contributed by atoms with Crippen molar-refractivity contribution < 1.29 is 23.8 Å². The van der Waals surface area contributed by atoms with Crippen molar-refractivity contribution >= 4 is 17.5 Å². The molecule has 7 heteroatoms. The van der Waals surface area contributed by atoms with Crippen LogP contribution >= 0.6 is 0 Å². The topological polar surface area (TPSA) is 77.1 Å². The van der Waals surface area contributed by atoms with Crippen molar-refractivity contribution in [1.82, 2.24) is 4.90 Å². The van der Waals surface area contributed by atoms with E-state index in [1.165, 1.54) is 0 Å². The fourth-order valence-electron chi connectivity index (χ4n) is 3.58. The first-order chi connectivity index (χ1) is 14.7. The summed E-state index contributed by atoms with van der Waals surface area (Å²) in [5, 5.41) is 2.86. The van der Waals surface area contributed by atoms with Gasteiger partial charge in [0.05, 0.1) is 30.6 Å². The molecule has 0 radical (unpaired) electrons. The van der Waals surface area contributed by atoms with E-state index in [-0.39, 0.29) is 17.9 Å². The zero-order chi connectivity index (χ0) is 20.8. The lowest BCUT2D eigenvalue weighted by molar-refractivity contribution is 0.0303. The van der Waals surface area contributed by atoms with Crippen LogP contribution in [0.5, 0.6) is 5.75 Å². The molecule has 1 atom stereocenters. The third kappa shape index (κ3) is 4.98. The molecular weight excluding hydrogens is 384 g/mol. The highest BCUT2D eigenvalue weighted by Gasteiger charge is 2.22. The smallest absolute Gasteiger partial charge is 0.256 e. The summed E-state index contributed by atoms with van der Waals surface area (Å²) in [6.45, 7) is 3.47. The van der Waals surface area contributed by atoms with Crippen LogP contribution < -0.4 is 10.1 Å². The van der Waals surface area contributed by atoms with Crippen molar-refractivity contribution in [3.63, 3.8) is 0 Å². The van der Waals surface area contributed by atoms with Crippen LogP contribution in [0.25, 0.3) is 0 Å². The Morgan fingerprint density at radius 3 is 2.53 bits per heavy atom. The van der Waals surface area contributed by atoms with Gasteiger partial charge in [0, 0.05) is 25.3 Å². The average molecular weight is 410 g/mol. The molecule has 4 rings (SSSR count). The number of hydrogen-bond donors (Lipinski definition) is 1. The first-order valence-electron chi connectivity index (χ1n) is 10.3. The van der Waals surface area contributed by atoms with Gasteiger partial charge in [0.1, 0.15) is 12.4 Å². The summed E-state index contributed by atoms with van der Waals surface area (Å²) in [5.41, 5.74) is 1.47. The fourth-order valence-corrected chi connectivity index (χ4v) is 3.58. The summed E-state index contributed by atoms with van der Waals surface area (Å²) in [7, 11) is 0. The number of anilines is 1. The van der Waals surface area contributed by atoms with Crippen LogP contribution in [0.1, 0.15) is 33.6 Å². The van der Waals surface area contributed by atoms with Crippen LogP contribution in [0.4, 0.5) is 5.69 Å². The standard InChI is InChI=1S/C23H26N2O5/c26-22(17-7-9-18(10-8-17)30-16-19-4-3-13-29-19)24-21-6-2-1-5-20(21)23(27)25-11-14-28-15-12-25/h1-2,5-10,19H,3-4,11-16H2,(H,24,26)/t19-/m1/s1. The number of nitrogens with zero attached hydrogens (tertiary/aromatic N) is 1. The number of amides is 2. The van der Waals surface area contributed by atoms with Gasteiger partial charge in [-0.3, -0.25) is 9.59 Å². The number of carbonyl (C=O) groups is 2. The van der Waals surface area contributed by atoms with Gasteiger partial charge in [-0.2, -0.15) is 0 Å². The Kier molecular flexibility index (Phi) is 6.61. The maximum Gasteiger partial charge on any atom is 0.256 e. The van der Waals surface area contributed by atoms with Gasteiger partial charge in [0.25, 0.3) is 11.8 Å². The van der Waals surface area contributed by atoms with Gasteiger partial charge in [-0.15, -0.1) is 0 Å². The number of nitrogens with one attached hydrogen (secondary N) is 1. The highest BCUT2D eigenvalue weighted by Crippen LogP contribution is 2.21. The summed E-state index contributed by atoms with van der Waals surface area (Å²) >= 11 is 0. The van der Waals surface area contributed by atoms with Crippen LogP contribution in [0.15, 0.2) is 48.5 Å². The van der Waals surface area contributed by atoms with Gasteiger partial charge >= 0.3 is 0 Å². The molecule has 0 saturated carbocycles. The maximum absolute atomic E-state index is 12.9. The molecule has 0 spiro atoms. The minimum atomic E-state index is -0.275. The van der Waals surface area contributed by atoms with E-state index in [4.69, 9.17) is 14.2 Å². The zero-order valence-electron chi connectivity index (χ0n) is 16.8. The second-order valence-electron chi connectivity index (χ2n) is 7.37. The molecule has 0 bridgehead atoms. The van der Waals surface area contributed by atoms with E-state index in [0.29, 0.717) is 55.5 Å². The van der Waals surface area contributed by atoms with Crippen LogP contribution in [0.2, 0.25) is 0 Å². The molecule has 2 aliphatic heterocycles. The largest absolute Gasteiger partial charge is 0.491 e. The predicted octanol–water partition coefficient (Wildman–Crippen LogP) is 2.97. The normalized spacial score (nSPS) is 18.8. The van der Waals surface area contributed by atoms with Crippen LogP contribution in [0.3, 0.4) is 0 Å². The van der Waals surface area contributed by atoms with Crippen molar-refractivity contribution in [2.24, 2.45) is 0 Å². The number of rotatable bonds is 6.